The third-order valence-electron chi connectivity index (χ3n) is 7.71. The fourth-order valence-electron chi connectivity index (χ4n) is 5.85. The molecule has 2 aliphatic carbocycles. The van der Waals surface area contributed by atoms with Crippen molar-refractivity contribution in [1.29, 1.82) is 0 Å². The number of rotatable bonds is 6. The lowest BCUT2D eigenvalue weighted by Gasteiger charge is -2.37. The van der Waals surface area contributed by atoms with Gasteiger partial charge in [0.1, 0.15) is 5.82 Å². The smallest absolute Gasteiger partial charge is 0.134 e. The van der Waals surface area contributed by atoms with Crippen LogP contribution in [0.4, 0.5) is 4.39 Å². The summed E-state index contributed by atoms with van der Waals surface area (Å²) in [6.45, 7) is 7.77. The van der Waals surface area contributed by atoms with Gasteiger partial charge in [0.05, 0.1) is 0 Å². The molecule has 0 radical (unpaired) electrons. The summed E-state index contributed by atoms with van der Waals surface area (Å²) in [4.78, 5) is 0. The van der Waals surface area contributed by atoms with Crippen LogP contribution < -0.4 is 0 Å². The van der Waals surface area contributed by atoms with E-state index >= 15 is 4.39 Å². The Balaban J connectivity index is 1.42. The van der Waals surface area contributed by atoms with E-state index in [-0.39, 0.29) is 5.82 Å². The van der Waals surface area contributed by atoms with Crippen molar-refractivity contribution in [3.05, 3.63) is 72.6 Å². The third-order valence-corrected chi connectivity index (χ3v) is 7.71. The van der Waals surface area contributed by atoms with Gasteiger partial charge in [-0.2, -0.15) is 0 Å². The second-order valence-corrected chi connectivity index (χ2v) is 9.37. The van der Waals surface area contributed by atoms with Crippen LogP contribution in [-0.4, -0.2) is 0 Å². The van der Waals surface area contributed by atoms with E-state index in [0.717, 1.165) is 59.8 Å². The van der Waals surface area contributed by atoms with Gasteiger partial charge < -0.3 is 0 Å². The van der Waals surface area contributed by atoms with Gasteiger partial charge in [-0.05, 0) is 104 Å². The summed E-state index contributed by atoms with van der Waals surface area (Å²) in [7, 11) is 0. The average molecular weight is 391 g/mol. The first-order valence-corrected chi connectivity index (χ1v) is 11.6. The Bertz CT molecular complexity index is 848. The molecule has 0 spiro atoms. The molecule has 0 aromatic heterocycles. The highest BCUT2D eigenvalue weighted by Gasteiger charge is 2.31. The van der Waals surface area contributed by atoms with E-state index in [0.29, 0.717) is 5.92 Å². The van der Waals surface area contributed by atoms with Crippen LogP contribution in [0.2, 0.25) is 0 Å². The first-order chi connectivity index (χ1) is 14.2. The van der Waals surface area contributed by atoms with Gasteiger partial charge in [-0.15, -0.1) is 13.2 Å². The van der Waals surface area contributed by atoms with Crippen molar-refractivity contribution in [3.63, 3.8) is 0 Å². The molecule has 0 heterocycles. The standard InChI is InChI=1S/C28H35F/c1-3-5-6-21-9-17-27-25(19-21)16-18-26(28(27)29)24-14-12-23(13-15-24)22-10-7-20(4-2)8-11-22/h3-4,9,16-20,22-24H,1-2,5-8,10-15H2. The lowest BCUT2D eigenvalue weighted by atomic mass is 9.68. The molecule has 0 N–H and O–H groups in total. The summed E-state index contributed by atoms with van der Waals surface area (Å²) in [6.07, 6.45) is 16.2. The zero-order valence-corrected chi connectivity index (χ0v) is 17.7. The van der Waals surface area contributed by atoms with Gasteiger partial charge in [-0.3, -0.25) is 0 Å². The van der Waals surface area contributed by atoms with Crippen LogP contribution in [0, 0.1) is 23.6 Å². The lowest BCUT2D eigenvalue weighted by molar-refractivity contribution is 0.171. The van der Waals surface area contributed by atoms with Crippen LogP contribution in [0.25, 0.3) is 10.8 Å². The van der Waals surface area contributed by atoms with Crippen LogP contribution in [0.5, 0.6) is 0 Å². The van der Waals surface area contributed by atoms with Crippen molar-refractivity contribution >= 4 is 10.8 Å². The third kappa shape index (κ3) is 4.49. The lowest BCUT2D eigenvalue weighted by Crippen LogP contribution is -2.25. The zero-order valence-electron chi connectivity index (χ0n) is 17.7. The predicted molar refractivity (Wildman–Crippen MR) is 123 cm³/mol. The van der Waals surface area contributed by atoms with Crippen LogP contribution in [0.3, 0.4) is 0 Å². The van der Waals surface area contributed by atoms with Gasteiger partial charge in [-0.25, -0.2) is 4.39 Å². The van der Waals surface area contributed by atoms with Crippen LogP contribution in [-0.2, 0) is 6.42 Å². The Kier molecular flexibility index (Phi) is 6.53. The quantitative estimate of drug-likeness (QED) is 0.435. The average Bonchev–Trinajstić information content (AvgIpc) is 2.78. The van der Waals surface area contributed by atoms with Gasteiger partial charge in [0.2, 0.25) is 0 Å². The molecule has 2 saturated carbocycles. The van der Waals surface area contributed by atoms with Gasteiger partial charge >= 0.3 is 0 Å². The van der Waals surface area contributed by atoms with Crippen molar-refractivity contribution in [2.75, 3.05) is 0 Å². The molecule has 2 aromatic rings. The number of benzene rings is 2. The number of fused-ring (bicyclic) bond motifs is 1. The van der Waals surface area contributed by atoms with Crippen LogP contribution in [0.1, 0.15) is 74.8 Å². The van der Waals surface area contributed by atoms with Crippen molar-refractivity contribution in [3.8, 4) is 0 Å². The fourth-order valence-corrected chi connectivity index (χ4v) is 5.85. The number of hydrogen-bond acceptors (Lipinski definition) is 0. The Morgan fingerprint density at radius 2 is 1.55 bits per heavy atom. The molecule has 0 aliphatic heterocycles. The van der Waals surface area contributed by atoms with E-state index < -0.39 is 0 Å². The van der Waals surface area contributed by atoms with Crippen LogP contribution >= 0.6 is 0 Å². The Hall–Kier alpha value is -1.89. The van der Waals surface area contributed by atoms with E-state index in [1.807, 2.05) is 12.1 Å². The molecule has 29 heavy (non-hydrogen) atoms. The van der Waals surface area contributed by atoms with Crippen molar-refractivity contribution in [2.45, 2.75) is 70.1 Å². The van der Waals surface area contributed by atoms with Gasteiger partial charge in [0, 0.05) is 5.39 Å². The van der Waals surface area contributed by atoms with E-state index in [4.69, 9.17) is 0 Å². The minimum atomic E-state index is 0.0210. The monoisotopic (exact) mass is 390 g/mol. The Morgan fingerprint density at radius 1 is 0.862 bits per heavy atom. The molecule has 154 valence electrons. The minimum absolute atomic E-state index is 0.0210. The molecule has 0 amide bonds. The second-order valence-electron chi connectivity index (χ2n) is 9.37. The van der Waals surface area contributed by atoms with Crippen LogP contribution in [0.15, 0.2) is 55.6 Å². The van der Waals surface area contributed by atoms with Crippen molar-refractivity contribution in [2.24, 2.45) is 17.8 Å². The summed E-state index contributed by atoms with van der Waals surface area (Å²) < 4.78 is 15.3. The molecule has 2 aromatic carbocycles. The number of hydrogen-bond donors (Lipinski definition) is 0. The molecular weight excluding hydrogens is 355 g/mol. The summed E-state index contributed by atoms with van der Waals surface area (Å²) in [5.74, 6) is 2.90. The maximum atomic E-state index is 15.3. The maximum Gasteiger partial charge on any atom is 0.134 e. The summed E-state index contributed by atoms with van der Waals surface area (Å²) in [6, 6.07) is 10.4. The summed E-state index contributed by atoms with van der Waals surface area (Å²) in [5, 5.41) is 1.82. The second kappa shape index (κ2) is 9.28. The molecule has 1 heteroatoms. The molecule has 0 bridgehead atoms. The van der Waals surface area contributed by atoms with Crippen molar-refractivity contribution < 1.29 is 4.39 Å². The zero-order chi connectivity index (χ0) is 20.2. The van der Waals surface area contributed by atoms with Crippen molar-refractivity contribution in [1.82, 2.24) is 0 Å². The SMILES string of the molecule is C=CCCc1ccc2c(F)c(C3CCC(C4CCC(C=C)CC4)CC3)ccc2c1. The molecular formula is C28H35F. The normalized spacial score (nSPS) is 27.6. The topological polar surface area (TPSA) is 0 Å². The minimum Gasteiger partial charge on any atom is -0.206 e. The summed E-state index contributed by atoms with van der Waals surface area (Å²) >= 11 is 0. The molecule has 2 fully saturated rings. The number of allylic oxidation sites excluding steroid dienone is 2. The molecule has 2 aliphatic rings. The molecule has 0 unspecified atom stereocenters. The summed E-state index contributed by atoms with van der Waals surface area (Å²) in [5.41, 5.74) is 2.21. The van der Waals surface area contributed by atoms with Gasteiger partial charge in [0.15, 0.2) is 0 Å². The van der Waals surface area contributed by atoms with E-state index in [1.165, 1.54) is 44.1 Å². The van der Waals surface area contributed by atoms with Gasteiger partial charge in [-0.1, -0.05) is 42.5 Å². The Labute approximate surface area is 175 Å². The first-order valence-electron chi connectivity index (χ1n) is 11.6. The fraction of sp³-hybridized carbons (Fsp3) is 0.500. The van der Waals surface area contributed by atoms with E-state index in [9.17, 15) is 0 Å². The highest BCUT2D eigenvalue weighted by molar-refractivity contribution is 5.84. The van der Waals surface area contributed by atoms with E-state index in [1.54, 1.807) is 0 Å². The molecule has 4 rings (SSSR count). The largest absolute Gasteiger partial charge is 0.206 e. The molecule has 0 atom stereocenters. The van der Waals surface area contributed by atoms with Gasteiger partial charge in [0.25, 0.3) is 0 Å². The Morgan fingerprint density at radius 3 is 2.21 bits per heavy atom. The molecule has 0 nitrogen and oxygen atoms in total. The first kappa shape index (κ1) is 20.4. The highest BCUT2D eigenvalue weighted by Crippen LogP contribution is 2.45. The number of aryl methyl sites for hydroxylation is 1. The number of halogens is 1. The maximum absolute atomic E-state index is 15.3. The molecule has 0 saturated heterocycles. The predicted octanol–water partition coefficient (Wildman–Crippen LogP) is 8.36. The highest BCUT2D eigenvalue weighted by atomic mass is 19.1. The van der Waals surface area contributed by atoms with E-state index in [2.05, 4.69) is 43.5 Å².